The van der Waals surface area contributed by atoms with Crippen LogP contribution in [0.2, 0.25) is 0 Å². The van der Waals surface area contributed by atoms with Crippen molar-refractivity contribution in [2.24, 2.45) is 5.41 Å². The van der Waals surface area contributed by atoms with E-state index in [-0.39, 0.29) is 24.2 Å². The highest BCUT2D eigenvalue weighted by Gasteiger charge is 2.38. The predicted molar refractivity (Wildman–Crippen MR) is 71.8 cm³/mol. The zero-order valence-electron chi connectivity index (χ0n) is 12.1. The molecule has 0 atom stereocenters. The van der Waals surface area contributed by atoms with E-state index in [2.05, 4.69) is 0 Å². The van der Waals surface area contributed by atoms with Crippen LogP contribution in [-0.4, -0.2) is 46.6 Å². The SMILES string of the molecule is CC(C)(C)ON1CCC(CCO)(CCO)CC1=C=O. The number of aliphatic hydroxyl groups is 2. The van der Waals surface area contributed by atoms with Crippen molar-refractivity contribution in [1.82, 2.24) is 5.06 Å². The van der Waals surface area contributed by atoms with Crippen LogP contribution in [0.5, 0.6) is 0 Å². The topological polar surface area (TPSA) is 70.0 Å². The van der Waals surface area contributed by atoms with Gasteiger partial charge in [0.15, 0.2) is 0 Å². The van der Waals surface area contributed by atoms with Crippen molar-refractivity contribution in [2.45, 2.75) is 52.1 Å². The molecule has 1 rings (SSSR count). The molecule has 0 unspecified atom stereocenters. The molecule has 1 fully saturated rings. The highest BCUT2D eigenvalue weighted by molar-refractivity contribution is 5.51. The monoisotopic (exact) mass is 271 g/mol. The summed E-state index contributed by atoms with van der Waals surface area (Å²) in [4.78, 5) is 16.9. The van der Waals surface area contributed by atoms with E-state index in [0.717, 1.165) is 6.42 Å². The third-order valence-electron chi connectivity index (χ3n) is 3.47. The van der Waals surface area contributed by atoms with Gasteiger partial charge in [-0.1, -0.05) is 0 Å². The number of aliphatic hydroxyl groups excluding tert-OH is 2. The Labute approximate surface area is 114 Å². The van der Waals surface area contributed by atoms with Crippen LogP contribution in [0.25, 0.3) is 0 Å². The van der Waals surface area contributed by atoms with Crippen molar-refractivity contribution in [3.8, 4) is 0 Å². The van der Waals surface area contributed by atoms with Gasteiger partial charge >= 0.3 is 0 Å². The summed E-state index contributed by atoms with van der Waals surface area (Å²) in [5.74, 6) is 1.95. The standard InChI is InChI=1S/C14H25NO4/c1-13(2,3)19-15-7-4-14(5-8-16,6-9-17)10-12(15)11-18/h16-17H,4-10H2,1-3H3. The van der Waals surface area contributed by atoms with Crippen LogP contribution in [-0.2, 0) is 9.63 Å². The van der Waals surface area contributed by atoms with Crippen LogP contribution in [0.1, 0.15) is 46.5 Å². The summed E-state index contributed by atoms with van der Waals surface area (Å²) < 4.78 is 0. The van der Waals surface area contributed by atoms with E-state index in [1.807, 2.05) is 26.7 Å². The van der Waals surface area contributed by atoms with Crippen molar-refractivity contribution in [3.63, 3.8) is 0 Å². The molecule has 0 spiro atoms. The van der Waals surface area contributed by atoms with Gasteiger partial charge in [0, 0.05) is 26.2 Å². The Morgan fingerprint density at radius 2 is 1.89 bits per heavy atom. The molecule has 0 aliphatic carbocycles. The van der Waals surface area contributed by atoms with Gasteiger partial charge < -0.3 is 10.2 Å². The fourth-order valence-electron chi connectivity index (χ4n) is 2.55. The molecule has 0 radical (unpaired) electrons. The lowest BCUT2D eigenvalue weighted by atomic mass is 9.73. The van der Waals surface area contributed by atoms with Crippen molar-refractivity contribution < 1.29 is 19.8 Å². The Hall–Kier alpha value is -0.870. The van der Waals surface area contributed by atoms with Crippen LogP contribution >= 0.6 is 0 Å². The van der Waals surface area contributed by atoms with E-state index in [1.165, 1.54) is 0 Å². The van der Waals surface area contributed by atoms with Crippen LogP contribution in [0, 0.1) is 5.41 Å². The maximum Gasteiger partial charge on any atom is 0.148 e. The molecule has 0 saturated carbocycles. The molecule has 0 amide bonds. The molecule has 0 aromatic rings. The average molecular weight is 271 g/mol. The van der Waals surface area contributed by atoms with E-state index in [0.29, 0.717) is 31.5 Å². The molecule has 1 aliphatic heterocycles. The number of hydroxylamine groups is 2. The summed E-state index contributed by atoms with van der Waals surface area (Å²) in [5.41, 5.74) is -0.104. The lowest BCUT2D eigenvalue weighted by Gasteiger charge is -2.43. The Morgan fingerprint density at radius 1 is 1.32 bits per heavy atom. The summed E-state index contributed by atoms with van der Waals surface area (Å²) in [5, 5.41) is 20.0. The summed E-state index contributed by atoms with van der Waals surface area (Å²) >= 11 is 0. The lowest BCUT2D eigenvalue weighted by molar-refractivity contribution is -0.221. The van der Waals surface area contributed by atoms with Crippen molar-refractivity contribution in [2.75, 3.05) is 19.8 Å². The molecule has 0 aromatic heterocycles. The van der Waals surface area contributed by atoms with E-state index in [9.17, 15) is 15.0 Å². The van der Waals surface area contributed by atoms with Crippen LogP contribution in [0.4, 0.5) is 0 Å². The predicted octanol–water partition coefficient (Wildman–Crippen LogP) is 1.28. The second kappa shape index (κ2) is 6.53. The Bertz CT molecular complexity index is 336. The number of hydrogen-bond donors (Lipinski definition) is 2. The number of rotatable bonds is 5. The van der Waals surface area contributed by atoms with Gasteiger partial charge in [0.1, 0.15) is 11.6 Å². The number of hydrogen-bond acceptors (Lipinski definition) is 5. The van der Waals surface area contributed by atoms with E-state index >= 15 is 0 Å². The number of nitrogens with zero attached hydrogens (tertiary/aromatic N) is 1. The first-order valence-electron chi connectivity index (χ1n) is 6.78. The van der Waals surface area contributed by atoms with Gasteiger partial charge in [-0.3, -0.25) is 4.84 Å². The molecule has 110 valence electrons. The minimum atomic E-state index is -0.365. The first-order chi connectivity index (χ1) is 8.86. The first kappa shape index (κ1) is 16.2. The normalized spacial score (nSPS) is 19.4. The van der Waals surface area contributed by atoms with Crippen molar-refractivity contribution >= 4 is 5.94 Å². The zero-order chi connectivity index (χ0) is 14.5. The van der Waals surface area contributed by atoms with Crippen LogP contribution in [0.3, 0.4) is 0 Å². The summed E-state index contributed by atoms with van der Waals surface area (Å²) in [6.07, 6.45) is 2.45. The molecule has 0 aromatic carbocycles. The number of allylic oxidation sites excluding steroid dienone is 1. The molecular weight excluding hydrogens is 246 g/mol. The van der Waals surface area contributed by atoms with E-state index in [4.69, 9.17) is 4.84 Å². The second-order valence-electron chi connectivity index (χ2n) is 6.23. The molecule has 5 nitrogen and oxygen atoms in total. The molecule has 1 heterocycles. The average Bonchev–Trinajstić information content (AvgIpc) is 2.31. The molecule has 1 aliphatic rings. The maximum atomic E-state index is 11.1. The Morgan fingerprint density at radius 3 is 2.32 bits per heavy atom. The van der Waals surface area contributed by atoms with Crippen molar-refractivity contribution in [3.05, 3.63) is 5.70 Å². The Balaban J connectivity index is 2.81. The first-order valence-corrected chi connectivity index (χ1v) is 6.78. The fraction of sp³-hybridized carbons (Fsp3) is 0.857. The van der Waals surface area contributed by atoms with Gasteiger partial charge in [-0.15, -0.1) is 0 Å². The molecule has 5 heteroatoms. The smallest absolute Gasteiger partial charge is 0.148 e. The zero-order valence-corrected chi connectivity index (χ0v) is 12.1. The minimum absolute atomic E-state index is 0.0618. The maximum absolute atomic E-state index is 11.1. The highest BCUT2D eigenvalue weighted by atomic mass is 16.7. The second-order valence-corrected chi connectivity index (χ2v) is 6.23. The molecule has 1 saturated heterocycles. The van der Waals surface area contributed by atoms with Crippen LogP contribution in [0.15, 0.2) is 5.70 Å². The molecule has 2 N–H and O–H groups in total. The van der Waals surface area contributed by atoms with E-state index in [1.54, 1.807) is 5.06 Å². The van der Waals surface area contributed by atoms with Gasteiger partial charge in [-0.05, 0) is 45.4 Å². The minimum Gasteiger partial charge on any atom is -0.396 e. The Kier molecular flexibility index (Phi) is 5.56. The summed E-state index contributed by atoms with van der Waals surface area (Å²) in [6.45, 7) is 6.50. The fourth-order valence-corrected chi connectivity index (χ4v) is 2.55. The van der Waals surface area contributed by atoms with Gasteiger partial charge in [-0.2, -0.15) is 0 Å². The number of carbonyl (C=O) groups excluding carboxylic acids is 1. The van der Waals surface area contributed by atoms with Gasteiger partial charge in [0.05, 0.1) is 5.60 Å². The summed E-state index contributed by atoms with van der Waals surface area (Å²) in [6, 6.07) is 0. The van der Waals surface area contributed by atoms with E-state index < -0.39 is 0 Å². The van der Waals surface area contributed by atoms with Gasteiger partial charge in [0.2, 0.25) is 0 Å². The molecule has 0 bridgehead atoms. The number of piperidine rings is 1. The van der Waals surface area contributed by atoms with Gasteiger partial charge in [-0.25, -0.2) is 9.86 Å². The van der Waals surface area contributed by atoms with Crippen LogP contribution < -0.4 is 0 Å². The third kappa shape index (κ3) is 4.62. The largest absolute Gasteiger partial charge is 0.396 e. The van der Waals surface area contributed by atoms with Gasteiger partial charge in [0.25, 0.3) is 0 Å². The quantitative estimate of drug-likeness (QED) is 0.737. The lowest BCUT2D eigenvalue weighted by Crippen LogP contribution is -2.43. The molecular formula is C14H25NO4. The highest BCUT2D eigenvalue weighted by Crippen LogP contribution is 2.42. The third-order valence-corrected chi connectivity index (χ3v) is 3.47. The van der Waals surface area contributed by atoms with Crippen molar-refractivity contribution in [1.29, 1.82) is 0 Å². The summed E-state index contributed by atoms with van der Waals surface area (Å²) in [7, 11) is 0. The molecule has 19 heavy (non-hydrogen) atoms.